The maximum absolute atomic E-state index is 5.82. The molecular formula is C13H26N2O. The molecule has 0 aromatic rings. The molecule has 1 heterocycles. The third-order valence-corrected chi connectivity index (χ3v) is 4.11. The molecule has 0 spiro atoms. The van der Waals surface area contributed by atoms with Crippen LogP contribution in [0.25, 0.3) is 0 Å². The molecule has 2 aliphatic rings. The molecule has 3 heteroatoms. The fraction of sp³-hybridized carbons (Fsp3) is 1.00. The zero-order valence-electron chi connectivity index (χ0n) is 10.7. The maximum atomic E-state index is 5.82. The van der Waals surface area contributed by atoms with Crippen molar-refractivity contribution < 1.29 is 4.74 Å². The second kappa shape index (κ2) is 5.03. The van der Waals surface area contributed by atoms with E-state index in [0.29, 0.717) is 18.0 Å². The average Bonchev–Trinajstić information content (AvgIpc) is 2.63. The van der Waals surface area contributed by atoms with E-state index in [9.17, 15) is 0 Å². The van der Waals surface area contributed by atoms with Gasteiger partial charge >= 0.3 is 0 Å². The Balaban J connectivity index is 1.84. The lowest BCUT2D eigenvalue weighted by Crippen LogP contribution is -2.49. The van der Waals surface area contributed by atoms with Crippen LogP contribution in [0.3, 0.4) is 0 Å². The molecule has 2 rings (SSSR count). The molecule has 1 aliphatic heterocycles. The molecule has 3 nitrogen and oxygen atoms in total. The largest absolute Gasteiger partial charge is 0.375 e. The van der Waals surface area contributed by atoms with Crippen LogP contribution in [0, 0.1) is 5.92 Å². The number of ether oxygens (including phenoxy) is 1. The number of nitrogens with two attached hydrogens (primary N) is 1. The van der Waals surface area contributed by atoms with E-state index in [2.05, 4.69) is 19.2 Å². The molecule has 1 saturated heterocycles. The first kappa shape index (κ1) is 12.3. The first-order valence-corrected chi connectivity index (χ1v) is 6.71. The van der Waals surface area contributed by atoms with Gasteiger partial charge in [0.1, 0.15) is 0 Å². The van der Waals surface area contributed by atoms with E-state index in [1.54, 1.807) is 0 Å². The highest BCUT2D eigenvalue weighted by Gasteiger charge is 2.33. The molecule has 0 amide bonds. The van der Waals surface area contributed by atoms with Gasteiger partial charge in [0.25, 0.3) is 0 Å². The maximum Gasteiger partial charge on any atom is 0.0641 e. The van der Waals surface area contributed by atoms with Gasteiger partial charge in [-0.1, -0.05) is 6.42 Å². The summed E-state index contributed by atoms with van der Waals surface area (Å²) < 4.78 is 5.75. The van der Waals surface area contributed by atoms with Crippen LogP contribution in [-0.4, -0.2) is 30.8 Å². The van der Waals surface area contributed by atoms with Gasteiger partial charge in [0, 0.05) is 18.7 Å². The third-order valence-electron chi connectivity index (χ3n) is 4.11. The molecule has 3 unspecified atom stereocenters. The summed E-state index contributed by atoms with van der Waals surface area (Å²) in [5.41, 5.74) is 5.87. The van der Waals surface area contributed by atoms with Gasteiger partial charge in [-0.15, -0.1) is 0 Å². The molecule has 94 valence electrons. The summed E-state index contributed by atoms with van der Waals surface area (Å²) in [7, 11) is 0. The highest BCUT2D eigenvalue weighted by Crippen LogP contribution is 2.29. The van der Waals surface area contributed by atoms with Crippen LogP contribution in [0.15, 0.2) is 0 Å². The number of hydrogen-bond donors (Lipinski definition) is 2. The minimum atomic E-state index is 0.0483. The molecule has 2 fully saturated rings. The predicted octanol–water partition coefficient (Wildman–Crippen LogP) is 1.66. The highest BCUT2D eigenvalue weighted by atomic mass is 16.5. The highest BCUT2D eigenvalue weighted by molar-refractivity contribution is 4.90. The number of hydrogen-bond acceptors (Lipinski definition) is 3. The Morgan fingerprint density at radius 2 is 2.12 bits per heavy atom. The van der Waals surface area contributed by atoms with Gasteiger partial charge in [0.05, 0.1) is 5.60 Å². The van der Waals surface area contributed by atoms with Crippen LogP contribution in [0.1, 0.15) is 46.0 Å². The Hall–Kier alpha value is -0.120. The summed E-state index contributed by atoms with van der Waals surface area (Å²) in [6, 6.07) is 1.28. The topological polar surface area (TPSA) is 47.3 Å². The van der Waals surface area contributed by atoms with Gasteiger partial charge < -0.3 is 15.8 Å². The summed E-state index contributed by atoms with van der Waals surface area (Å²) in [5.74, 6) is 0.700. The molecule has 3 N–H and O–H groups in total. The zero-order chi connectivity index (χ0) is 11.6. The zero-order valence-corrected chi connectivity index (χ0v) is 10.7. The summed E-state index contributed by atoms with van der Waals surface area (Å²) in [5, 5.41) is 3.81. The van der Waals surface area contributed by atoms with Crippen LogP contribution in [0.4, 0.5) is 0 Å². The smallest absolute Gasteiger partial charge is 0.0641 e. The summed E-state index contributed by atoms with van der Waals surface area (Å²) >= 11 is 0. The standard InChI is InChI=1S/C13H26N2O/c1-13(2)8-11(6-7-16-13)15-12-5-3-4-10(12)9-14/h10-12,15H,3-9,14H2,1-2H3. The van der Waals surface area contributed by atoms with Crippen molar-refractivity contribution in [1.82, 2.24) is 5.32 Å². The SMILES string of the molecule is CC1(C)CC(NC2CCCC2CN)CCO1. The van der Waals surface area contributed by atoms with E-state index in [-0.39, 0.29) is 5.60 Å². The molecular weight excluding hydrogens is 200 g/mol. The van der Waals surface area contributed by atoms with Gasteiger partial charge in [0.2, 0.25) is 0 Å². The molecule has 1 saturated carbocycles. The summed E-state index contributed by atoms with van der Waals surface area (Å²) in [6.07, 6.45) is 6.23. The molecule has 0 aromatic carbocycles. The van der Waals surface area contributed by atoms with Crippen molar-refractivity contribution in [3.8, 4) is 0 Å². The van der Waals surface area contributed by atoms with Crippen molar-refractivity contribution in [3.63, 3.8) is 0 Å². The fourth-order valence-corrected chi connectivity index (χ4v) is 3.22. The summed E-state index contributed by atoms with van der Waals surface area (Å²) in [4.78, 5) is 0. The van der Waals surface area contributed by atoms with E-state index < -0.39 is 0 Å². The fourth-order valence-electron chi connectivity index (χ4n) is 3.22. The van der Waals surface area contributed by atoms with Crippen molar-refractivity contribution in [1.29, 1.82) is 0 Å². The van der Waals surface area contributed by atoms with E-state index in [0.717, 1.165) is 26.0 Å². The first-order chi connectivity index (χ1) is 7.61. The van der Waals surface area contributed by atoms with Crippen LogP contribution >= 0.6 is 0 Å². The van der Waals surface area contributed by atoms with Gasteiger partial charge in [0.15, 0.2) is 0 Å². The van der Waals surface area contributed by atoms with E-state index in [1.807, 2.05) is 0 Å². The van der Waals surface area contributed by atoms with Crippen LogP contribution < -0.4 is 11.1 Å². The van der Waals surface area contributed by atoms with Gasteiger partial charge in [-0.05, 0) is 52.0 Å². The Kier molecular flexibility index (Phi) is 3.88. The molecule has 0 aromatic heterocycles. The van der Waals surface area contributed by atoms with Crippen molar-refractivity contribution in [2.24, 2.45) is 11.7 Å². The average molecular weight is 226 g/mol. The lowest BCUT2D eigenvalue weighted by Gasteiger charge is -2.38. The van der Waals surface area contributed by atoms with Gasteiger partial charge in [-0.3, -0.25) is 0 Å². The summed E-state index contributed by atoms with van der Waals surface area (Å²) in [6.45, 7) is 6.11. The van der Waals surface area contributed by atoms with Crippen molar-refractivity contribution >= 4 is 0 Å². The quantitative estimate of drug-likeness (QED) is 0.769. The monoisotopic (exact) mass is 226 g/mol. The van der Waals surface area contributed by atoms with E-state index in [4.69, 9.17) is 10.5 Å². The Bertz CT molecular complexity index is 230. The Morgan fingerprint density at radius 1 is 1.31 bits per heavy atom. The lowest BCUT2D eigenvalue weighted by atomic mass is 9.92. The Labute approximate surface area is 99.1 Å². The van der Waals surface area contributed by atoms with Gasteiger partial charge in [-0.2, -0.15) is 0 Å². The minimum Gasteiger partial charge on any atom is -0.375 e. The van der Waals surface area contributed by atoms with Crippen molar-refractivity contribution in [2.75, 3.05) is 13.2 Å². The number of rotatable bonds is 3. The predicted molar refractivity (Wildman–Crippen MR) is 66.4 cm³/mol. The minimum absolute atomic E-state index is 0.0483. The Morgan fingerprint density at radius 3 is 2.81 bits per heavy atom. The molecule has 0 radical (unpaired) electrons. The molecule has 1 aliphatic carbocycles. The molecule has 0 bridgehead atoms. The van der Waals surface area contributed by atoms with E-state index in [1.165, 1.54) is 19.3 Å². The molecule has 16 heavy (non-hydrogen) atoms. The molecule has 3 atom stereocenters. The van der Waals surface area contributed by atoms with Crippen molar-refractivity contribution in [3.05, 3.63) is 0 Å². The second-order valence-corrected chi connectivity index (χ2v) is 6.00. The van der Waals surface area contributed by atoms with Gasteiger partial charge in [-0.25, -0.2) is 0 Å². The van der Waals surface area contributed by atoms with E-state index >= 15 is 0 Å². The third kappa shape index (κ3) is 2.96. The normalized spacial score (nSPS) is 38.8. The van der Waals surface area contributed by atoms with Crippen LogP contribution in [0.2, 0.25) is 0 Å². The lowest BCUT2D eigenvalue weighted by molar-refractivity contribution is -0.0646. The second-order valence-electron chi connectivity index (χ2n) is 6.00. The number of nitrogens with one attached hydrogen (secondary N) is 1. The van der Waals surface area contributed by atoms with Crippen molar-refractivity contribution in [2.45, 2.75) is 63.6 Å². The van der Waals surface area contributed by atoms with Crippen LogP contribution in [0.5, 0.6) is 0 Å². The first-order valence-electron chi connectivity index (χ1n) is 6.71. The van der Waals surface area contributed by atoms with Crippen LogP contribution in [-0.2, 0) is 4.74 Å².